The average Bonchev–Trinajstić information content (AvgIpc) is 3.70. The van der Waals surface area contributed by atoms with E-state index in [0.717, 1.165) is 37.3 Å². The number of hydrogen-bond acceptors (Lipinski definition) is 28. The zero-order valence-corrected chi connectivity index (χ0v) is 41.6. The summed E-state index contributed by atoms with van der Waals surface area (Å²) < 4.78 is 65.0. The molecule has 4 saturated heterocycles. The van der Waals surface area contributed by atoms with E-state index in [9.17, 15) is 85.6 Å². The van der Waals surface area contributed by atoms with Gasteiger partial charge in [-0.25, -0.2) is 14.4 Å². The van der Waals surface area contributed by atoms with Crippen molar-refractivity contribution in [2.45, 2.75) is 123 Å². The number of esters is 4. The first-order valence-electron chi connectivity index (χ1n) is 24.3. The third kappa shape index (κ3) is 14.4. The maximum Gasteiger partial charge on any atom is 0.338 e. The van der Waals surface area contributed by atoms with Gasteiger partial charge in [0.25, 0.3) is 0 Å². The fourth-order valence-electron chi connectivity index (χ4n) is 8.72. The predicted octanol–water partition coefficient (Wildman–Crippen LogP) is -3.67. The number of aliphatic hydroxyl groups is 10. The smallest absolute Gasteiger partial charge is 0.338 e. The van der Waals surface area contributed by atoms with Crippen molar-refractivity contribution in [2.24, 2.45) is 0 Å². The third-order valence-electron chi connectivity index (χ3n) is 12.9. The van der Waals surface area contributed by atoms with Crippen molar-refractivity contribution in [3.05, 3.63) is 102 Å². The van der Waals surface area contributed by atoms with E-state index in [2.05, 4.69) is 0 Å². The Balaban J connectivity index is 1.36. The van der Waals surface area contributed by atoms with Gasteiger partial charge < -0.3 is 118 Å². The van der Waals surface area contributed by atoms with Gasteiger partial charge in [-0.15, -0.1) is 0 Å². The topological polar surface area (TPSA) is 433 Å². The van der Waals surface area contributed by atoms with Crippen LogP contribution in [0.1, 0.15) is 28.4 Å². The molecule has 79 heavy (non-hydrogen) atoms. The molecule has 19 atom stereocenters. The van der Waals surface area contributed by atoms with E-state index < -0.39 is 185 Å². The Hall–Kier alpha value is -6.26. The van der Waals surface area contributed by atoms with Gasteiger partial charge in [-0.3, -0.25) is 4.79 Å². The molecule has 0 aromatic heterocycles. The van der Waals surface area contributed by atoms with Crippen LogP contribution < -0.4 is 0 Å². The van der Waals surface area contributed by atoms with Gasteiger partial charge in [0.05, 0.1) is 25.4 Å². The molecule has 7 rings (SSSR count). The third-order valence-corrected chi connectivity index (χ3v) is 12.9. The van der Waals surface area contributed by atoms with Crippen LogP contribution in [0.5, 0.6) is 17.2 Å². The Morgan fingerprint density at radius 2 is 1.13 bits per heavy atom. The summed E-state index contributed by atoms with van der Waals surface area (Å²) >= 11 is 0. The zero-order chi connectivity index (χ0) is 57.3. The van der Waals surface area contributed by atoms with Crippen LogP contribution in [-0.2, 0) is 66.5 Å². The molecular weight excluding hydrogens is 1060 g/mol. The Bertz CT molecular complexity index is 2580. The van der Waals surface area contributed by atoms with E-state index in [1.54, 1.807) is 6.07 Å². The summed E-state index contributed by atoms with van der Waals surface area (Å²) in [4.78, 5) is 53.1. The lowest BCUT2D eigenvalue weighted by atomic mass is 9.95. The quantitative estimate of drug-likeness (QED) is 0.0224. The molecule has 0 radical (unpaired) electrons. The molecule has 4 aliphatic rings. The first-order chi connectivity index (χ1) is 37.7. The normalized spacial score (nSPS) is 34.8. The Kier molecular flexibility index (Phi) is 20.5. The molecule has 3 aromatic carbocycles. The van der Waals surface area contributed by atoms with Crippen molar-refractivity contribution in [1.29, 1.82) is 0 Å². The van der Waals surface area contributed by atoms with E-state index in [1.807, 2.05) is 0 Å². The molecule has 0 aliphatic carbocycles. The van der Waals surface area contributed by atoms with E-state index in [4.69, 9.17) is 52.1 Å². The molecule has 13 N–H and O–H groups in total. The summed E-state index contributed by atoms with van der Waals surface area (Å²) in [5.74, 6) is -8.53. The van der Waals surface area contributed by atoms with Gasteiger partial charge in [-0.2, -0.15) is 0 Å². The van der Waals surface area contributed by atoms with Gasteiger partial charge >= 0.3 is 23.9 Å². The number of phenolic OH excluding ortho intramolecular Hbond substituents is 3. The van der Waals surface area contributed by atoms with Crippen molar-refractivity contribution in [1.82, 2.24) is 0 Å². The van der Waals surface area contributed by atoms with Crippen LogP contribution >= 0.6 is 0 Å². The molecule has 4 fully saturated rings. The number of phenols is 3. The molecule has 0 amide bonds. The summed E-state index contributed by atoms with van der Waals surface area (Å²) in [5, 5.41) is 140. The first-order valence-corrected chi connectivity index (χ1v) is 24.3. The Labute approximate surface area is 447 Å². The van der Waals surface area contributed by atoms with Crippen LogP contribution in [0.2, 0.25) is 0 Å². The highest BCUT2D eigenvalue weighted by atomic mass is 16.8. The summed E-state index contributed by atoms with van der Waals surface area (Å²) in [7, 11) is 0. The fourth-order valence-corrected chi connectivity index (χ4v) is 8.72. The van der Waals surface area contributed by atoms with Crippen LogP contribution in [0.15, 0.2) is 84.9 Å². The molecule has 3 aromatic rings. The molecule has 432 valence electrons. The lowest BCUT2D eigenvalue weighted by molar-refractivity contribution is -0.421. The molecule has 0 bridgehead atoms. The van der Waals surface area contributed by atoms with Gasteiger partial charge in [0.15, 0.2) is 42.6 Å². The van der Waals surface area contributed by atoms with Crippen molar-refractivity contribution in [2.75, 3.05) is 33.0 Å². The lowest BCUT2D eigenvalue weighted by Crippen LogP contribution is -2.69. The number of carbonyl (C=O) groups is 4. The van der Waals surface area contributed by atoms with Crippen LogP contribution in [-0.4, -0.2) is 240 Å². The largest absolute Gasteiger partial charge is 0.508 e. The van der Waals surface area contributed by atoms with Crippen molar-refractivity contribution >= 4 is 36.0 Å². The number of carbonyl (C=O) groups excluding carboxylic acids is 4. The zero-order valence-electron chi connectivity index (χ0n) is 41.6. The highest BCUT2D eigenvalue weighted by Crippen LogP contribution is 2.42. The lowest BCUT2D eigenvalue weighted by Gasteiger charge is -2.50. The van der Waals surface area contributed by atoms with Gasteiger partial charge in [-0.1, -0.05) is 36.4 Å². The summed E-state index contributed by atoms with van der Waals surface area (Å²) in [5.41, 5.74) is 0.407. The molecule has 4 aliphatic heterocycles. The molecule has 0 saturated carbocycles. The molecule has 0 unspecified atom stereocenters. The maximum atomic E-state index is 13.9. The standard InChI is InChI=1S/C51H60O28/c1-23(55)69-21-33-37(62)40(65)42(67)49(73-33)75-44-43(74-35(60)16-10-24-7-12-27(56)13-8-24)32(20-54)72-50(45(44)76-48-41(66)39(64)36(61)30(18-52)71-48)79-51(22-70-34(59)15-11-25-9-14-28(57)29(58)17-25)46(38(63)31(19-53)78-51)77-47(68)26-5-3-2-4-6-26/h2-17,30-33,36-46,48-50,52-54,56-58,61-67H,18-22H2,1H3/t30-,31-,32-,33-,36-,37-,38-,39+,40+,41-,42-,43-,44+,45-,46+,48+,49+,50-,51+/m1/s1. The molecule has 4 heterocycles. The highest BCUT2D eigenvalue weighted by molar-refractivity contribution is 5.90. The van der Waals surface area contributed by atoms with E-state index in [0.29, 0.717) is 5.56 Å². The first kappa shape index (κ1) is 60.4. The SMILES string of the molecule is CC(=O)OC[C@H]1O[C@@H](O[C@@H]2[C@@H](O[C@@H]3O[C@H](CO)[C@@H](O)[C@H](O)[C@H]3O)[C@@H](O[C@]3(COC(=O)C=Cc4ccc(O)c(O)c4)O[C@H](CO)[C@@H](O)[C@@H]3OC(=O)c3ccccc3)O[C@H](CO)[C@H]2OC(=O)C=Cc2ccc(O)cc2)[C@H](O)[C@@H](O)[C@@H]1O. The highest BCUT2D eigenvalue weighted by Gasteiger charge is 2.64. The average molecular weight is 1120 g/mol. The fraction of sp³-hybridized carbons (Fsp3) is 0.490. The maximum absolute atomic E-state index is 13.9. The minimum Gasteiger partial charge on any atom is -0.508 e. The summed E-state index contributed by atoms with van der Waals surface area (Å²) in [6.07, 6.45) is -33.5. The molecule has 28 nitrogen and oxygen atoms in total. The van der Waals surface area contributed by atoms with Crippen LogP contribution in [0.4, 0.5) is 0 Å². The van der Waals surface area contributed by atoms with Crippen LogP contribution in [0.25, 0.3) is 12.2 Å². The van der Waals surface area contributed by atoms with E-state index in [1.165, 1.54) is 60.7 Å². The van der Waals surface area contributed by atoms with Crippen LogP contribution in [0.3, 0.4) is 0 Å². The number of ether oxygens (including phenoxy) is 11. The van der Waals surface area contributed by atoms with Crippen LogP contribution in [0, 0.1) is 0 Å². The number of benzene rings is 3. The second-order valence-electron chi connectivity index (χ2n) is 18.4. The second kappa shape index (κ2) is 26.8. The van der Waals surface area contributed by atoms with Crippen molar-refractivity contribution < 1.29 is 138 Å². The van der Waals surface area contributed by atoms with Gasteiger partial charge in [0.2, 0.25) is 5.79 Å². The number of aromatic hydroxyl groups is 3. The predicted molar refractivity (Wildman–Crippen MR) is 257 cm³/mol. The van der Waals surface area contributed by atoms with E-state index >= 15 is 0 Å². The molecule has 28 heteroatoms. The van der Waals surface area contributed by atoms with E-state index in [-0.39, 0.29) is 16.9 Å². The monoisotopic (exact) mass is 1120 g/mol. The summed E-state index contributed by atoms with van der Waals surface area (Å²) in [6.45, 7) is -4.23. The number of hydrogen-bond donors (Lipinski definition) is 13. The molecular formula is C51H60O28. The van der Waals surface area contributed by atoms with Gasteiger partial charge in [0, 0.05) is 19.1 Å². The van der Waals surface area contributed by atoms with Crippen molar-refractivity contribution in [3.8, 4) is 17.2 Å². The number of aliphatic hydroxyl groups excluding tert-OH is 10. The second-order valence-corrected chi connectivity index (χ2v) is 18.4. The van der Waals surface area contributed by atoms with Crippen molar-refractivity contribution in [3.63, 3.8) is 0 Å². The van der Waals surface area contributed by atoms with Gasteiger partial charge in [-0.05, 0) is 59.7 Å². The molecule has 0 spiro atoms. The minimum atomic E-state index is -2.92. The summed E-state index contributed by atoms with van der Waals surface area (Å²) in [6, 6.07) is 16.1. The Morgan fingerprint density at radius 1 is 0.557 bits per heavy atom. The number of rotatable bonds is 20. The van der Waals surface area contributed by atoms with Gasteiger partial charge in [0.1, 0.15) is 98.3 Å². The minimum absolute atomic E-state index is 0.110. The Morgan fingerprint density at radius 3 is 1.75 bits per heavy atom.